The van der Waals surface area contributed by atoms with E-state index >= 15 is 0 Å². The highest BCUT2D eigenvalue weighted by atomic mass is 79.9. The lowest BCUT2D eigenvalue weighted by Gasteiger charge is -2.36. The fourth-order valence-corrected chi connectivity index (χ4v) is 6.75. The first-order valence-electron chi connectivity index (χ1n) is 11.5. The van der Waals surface area contributed by atoms with Crippen molar-refractivity contribution in [3.05, 3.63) is 98.3 Å². The number of pyridine rings is 1. The molecule has 0 saturated carbocycles. The van der Waals surface area contributed by atoms with Gasteiger partial charge >= 0.3 is 0 Å². The van der Waals surface area contributed by atoms with E-state index in [4.69, 9.17) is 0 Å². The second kappa shape index (κ2) is 8.07. The number of fused-ring (bicyclic) bond motifs is 4. The van der Waals surface area contributed by atoms with Gasteiger partial charge in [0.15, 0.2) is 5.78 Å². The first-order valence-corrected chi connectivity index (χ1v) is 12.3. The van der Waals surface area contributed by atoms with Crippen molar-refractivity contribution in [2.75, 3.05) is 11.9 Å². The maximum atomic E-state index is 14.2. The Morgan fingerprint density at radius 3 is 2.69 bits per heavy atom. The van der Waals surface area contributed by atoms with Gasteiger partial charge in [-0.05, 0) is 55.3 Å². The van der Waals surface area contributed by atoms with Gasteiger partial charge in [0.1, 0.15) is 11.2 Å². The summed E-state index contributed by atoms with van der Waals surface area (Å²) in [5, 5.41) is 14.3. The summed E-state index contributed by atoms with van der Waals surface area (Å²) >= 11 is 3.55. The SMILES string of the molecule is O=C(c1ccccn1)C1C(c2ccc([N+](=O)[O-])cc2)C2CCCN2[C@@]12C(=O)Nc1ccc(Br)cc12. The lowest BCUT2D eigenvalue weighted by Crippen LogP contribution is -2.53. The highest BCUT2D eigenvalue weighted by molar-refractivity contribution is 9.10. The van der Waals surface area contributed by atoms with E-state index in [-0.39, 0.29) is 29.3 Å². The van der Waals surface area contributed by atoms with Gasteiger partial charge in [-0.25, -0.2) is 0 Å². The Bertz CT molecular complexity index is 1360. The van der Waals surface area contributed by atoms with Gasteiger partial charge in [0.25, 0.3) is 5.69 Å². The summed E-state index contributed by atoms with van der Waals surface area (Å²) in [5.74, 6) is -1.49. The van der Waals surface area contributed by atoms with Gasteiger partial charge in [-0.3, -0.25) is 29.6 Å². The summed E-state index contributed by atoms with van der Waals surface area (Å²) in [5.41, 5.74) is 1.40. The third-order valence-corrected chi connectivity index (χ3v) is 8.14. The maximum absolute atomic E-state index is 14.2. The molecule has 1 amide bonds. The molecule has 4 atom stereocenters. The number of carbonyl (C=O) groups excluding carboxylic acids is 2. The van der Waals surface area contributed by atoms with Gasteiger partial charge < -0.3 is 5.32 Å². The number of nitro groups is 1. The minimum Gasteiger partial charge on any atom is -0.324 e. The van der Waals surface area contributed by atoms with Gasteiger partial charge in [0.05, 0.1) is 10.8 Å². The van der Waals surface area contributed by atoms with Crippen LogP contribution in [-0.4, -0.2) is 39.1 Å². The minimum atomic E-state index is -1.19. The molecule has 1 spiro atoms. The standard InChI is InChI=1S/C26H21BrN4O4/c27-16-8-11-19-18(14-16)26(25(33)29-19)23(24(32)20-4-1-2-12-28-20)22(21-5-3-13-30(21)26)15-6-9-17(10-7-15)31(34)35/h1-2,4,6-12,14,21-23H,3,5,13H2,(H,29,33)/t21?,22?,23?,26-/m1/s1. The molecule has 3 aliphatic heterocycles. The molecule has 0 aliphatic carbocycles. The van der Waals surface area contributed by atoms with Crippen molar-refractivity contribution < 1.29 is 14.5 Å². The minimum absolute atomic E-state index is 0.00905. The highest BCUT2D eigenvalue weighted by Gasteiger charge is 2.69. The summed E-state index contributed by atoms with van der Waals surface area (Å²) < 4.78 is 0.825. The van der Waals surface area contributed by atoms with Crippen molar-refractivity contribution in [3.63, 3.8) is 0 Å². The summed E-state index contributed by atoms with van der Waals surface area (Å²) in [6.07, 6.45) is 3.30. The Hall–Kier alpha value is -3.43. The molecule has 3 aliphatic rings. The number of rotatable bonds is 4. The van der Waals surface area contributed by atoms with Crippen LogP contribution in [0.2, 0.25) is 0 Å². The lowest BCUT2D eigenvalue weighted by molar-refractivity contribution is -0.384. The molecule has 0 radical (unpaired) electrons. The van der Waals surface area contributed by atoms with E-state index in [9.17, 15) is 19.7 Å². The Morgan fingerprint density at radius 2 is 1.97 bits per heavy atom. The number of nitrogens with zero attached hydrogens (tertiary/aromatic N) is 3. The highest BCUT2D eigenvalue weighted by Crippen LogP contribution is 2.61. The molecule has 9 heteroatoms. The molecule has 1 N–H and O–H groups in total. The largest absolute Gasteiger partial charge is 0.324 e. The zero-order valence-electron chi connectivity index (χ0n) is 18.6. The van der Waals surface area contributed by atoms with E-state index in [1.165, 1.54) is 12.1 Å². The van der Waals surface area contributed by atoms with Crippen LogP contribution in [0.25, 0.3) is 0 Å². The second-order valence-corrected chi connectivity index (χ2v) is 10.2. The second-order valence-electron chi connectivity index (χ2n) is 9.24. The number of hydrogen-bond acceptors (Lipinski definition) is 6. The van der Waals surface area contributed by atoms with Crippen molar-refractivity contribution in [1.29, 1.82) is 0 Å². The molecule has 176 valence electrons. The molecule has 1 aromatic heterocycles. The molecule has 8 nitrogen and oxygen atoms in total. The van der Waals surface area contributed by atoms with Crippen molar-refractivity contribution >= 4 is 39.0 Å². The van der Waals surface area contributed by atoms with Crippen LogP contribution in [0.3, 0.4) is 0 Å². The number of carbonyl (C=O) groups is 2. The smallest absolute Gasteiger partial charge is 0.269 e. The third-order valence-electron chi connectivity index (χ3n) is 7.65. The topological polar surface area (TPSA) is 105 Å². The monoisotopic (exact) mass is 532 g/mol. The molecule has 2 aromatic carbocycles. The van der Waals surface area contributed by atoms with E-state index in [0.717, 1.165) is 28.4 Å². The van der Waals surface area contributed by atoms with Crippen molar-refractivity contribution in [1.82, 2.24) is 9.88 Å². The summed E-state index contributed by atoms with van der Waals surface area (Å²) in [6.45, 7) is 0.680. The molecule has 6 rings (SSSR count). The van der Waals surface area contributed by atoms with E-state index in [2.05, 4.69) is 31.1 Å². The first-order chi connectivity index (χ1) is 16.9. The Labute approximate surface area is 209 Å². The van der Waals surface area contributed by atoms with E-state index < -0.39 is 16.4 Å². The number of non-ortho nitro benzene ring substituents is 1. The number of Topliss-reactive ketones (excluding diaryl/α,β-unsaturated/α-hetero) is 1. The Morgan fingerprint density at radius 1 is 1.17 bits per heavy atom. The van der Waals surface area contributed by atoms with Crippen LogP contribution in [0.1, 0.15) is 40.4 Å². The van der Waals surface area contributed by atoms with Crippen LogP contribution >= 0.6 is 15.9 Å². The number of nitro benzene ring substituents is 1. The molecular weight excluding hydrogens is 512 g/mol. The predicted octanol–water partition coefficient (Wildman–Crippen LogP) is 4.66. The normalized spacial score (nSPS) is 27.0. The van der Waals surface area contributed by atoms with Crippen molar-refractivity contribution in [2.24, 2.45) is 5.92 Å². The van der Waals surface area contributed by atoms with Gasteiger partial charge in [-0.1, -0.05) is 34.1 Å². The van der Waals surface area contributed by atoms with E-state index in [1.54, 1.807) is 36.5 Å². The average molecular weight is 533 g/mol. The van der Waals surface area contributed by atoms with Crippen LogP contribution < -0.4 is 5.32 Å². The molecule has 2 fully saturated rings. The van der Waals surface area contributed by atoms with Crippen LogP contribution in [0.5, 0.6) is 0 Å². The van der Waals surface area contributed by atoms with Crippen LogP contribution in [0, 0.1) is 16.0 Å². The average Bonchev–Trinajstić information content (AvgIpc) is 3.53. The quantitative estimate of drug-likeness (QED) is 0.297. The maximum Gasteiger partial charge on any atom is 0.269 e. The molecule has 3 unspecified atom stereocenters. The van der Waals surface area contributed by atoms with Gasteiger partial charge in [0, 0.05) is 46.0 Å². The zero-order chi connectivity index (χ0) is 24.3. The number of halogens is 1. The number of nitrogens with one attached hydrogen (secondary N) is 1. The summed E-state index contributed by atoms with van der Waals surface area (Å²) in [7, 11) is 0. The lowest BCUT2D eigenvalue weighted by atomic mass is 9.69. The van der Waals surface area contributed by atoms with E-state index in [1.807, 2.05) is 18.2 Å². The number of amides is 1. The van der Waals surface area contributed by atoms with Crippen LogP contribution in [0.4, 0.5) is 11.4 Å². The molecule has 3 aromatic rings. The molecule has 2 saturated heterocycles. The van der Waals surface area contributed by atoms with Gasteiger partial charge in [-0.2, -0.15) is 0 Å². The number of anilines is 1. The molecule has 35 heavy (non-hydrogen) atoms. The number of benzene rings is 2. The fraction of sp³-hybridized carbons (Fsp3) is 0.269. The molecular formula is C26H21BrN4O4. The predicted molar refractivity (Wildman–Crippen MR) is 132 cm³/mol. The summed E-state index contributed by atoms with van der Waals surface area (Å²) in [6, 6.07) is 17.2. The van der Waals surface area contributed by atoms with Crippen LogP contribution in [-0.2, 0) is 10.3 Å². The van der Waals surface area contributed by atoms with Crippen molar-refractivity contribution in [2.45, 2.75) is 30.3 Å². The first kappa shape index (κ1) is 22.1. The molecule has 0 bridgehead atoms. The number of ketones is 1. The van der Waals surface area contributed by atoms with Crippen LogP contribution in [0.15, 0.2) is 71.3 Å². The van der Waals surface area contributed by atoms with E-state index in [0.29, 0.717) is 17.9 Å². The Balaban J connectivity index is 1.60. The third kappa shape index (κ3) is 3.11. The zero-order valence-corrected chi connectivity index (χ0v) is 20.1. The molecule has 4 heterocycles. The fourth-order valence-electron chi connectivity index (χ4n) is 6.39. The van der Waals surface area contributed by atoms with Crippen molar-refractivity contribution in [3.8, 4) is 0 Å². The number of hydrogen-bond donors (Lipinski definition) is 1. The Kier molecular flexibility index (Phi) is 5.08. The van der Waals surface area contributed by atoms with Gasteiger partial charge in [-0.15, -0.1) is 0 Å². The summed E-state index contributed by atoms with van der Waals surface area (Å²) in [4.78, 5) is 45.6. The number of aromatic nitrogens is 1. The van der Waals surface area contributed by atoms with Gasteiger partial charge in [0.2, 0.25) is 5.91 Å².